The van der Waals surface area contributed by atoms with E-state index < -0.39 is 0 Å². The van der Waals surface area contributed by atoms with E-state index in [4.69, 9.17) is 23.2 Å². The van der Waals surface area contributed by atoms with Crippen LogP contribution in [0.15, 0.2) is 18.2 Å². The smallest absolute Gasteiger partial charge is 0.315 e. The van der Waals surface area contributed by atoms with Crippen LogP contribution >= 0.6 is 23.2 Å². The molecule has 0 spiro atoms. The van der Waals surface area contributed by atoms with Crippen molar-refractivity contribution in [1.29, 1.82) is 0 Å². The Labute approximate surface area is 115 Å². The SMILES string of the molecule is CCCN1CC(=O)N(c2ccc(Cl)c(Cl)c2)C1=O. The number of amides is 3. The topological polar surface area (TPSA) is 40.6 Å². The number of hydrogen-bond donors (Lipinski definition) is 0. The van der Waals surface area contributed by atoms with Crippen LogP contribution < -0.4 is 4.90 Å². The van der Waals surface area contributed by atoms with E-state index in [1.165, 1.54) is 11.0 Å². The minimum atomic E-state index is -0.305. The Kier molecular flexibility index (Phi) is 3.78. The highest BCUT2D eigenvalue weighted by Gasteiger charge is 2.36. The summed E-state index contributed by atoms with van der Waals surface area (Å²) >= 11 is 11.7. The highest BCUT2D eigenvalue weighted by Crippen LogP contribution is 2.29. The summed E-state index contributed by atoms with van der Waals surface area (Å²) in [6.45, 7) is 2.65. The first-order valence-electron chi connectivity index (χ1n) is 5.61. The predicted octanol–water partition coefficient (Wildman–Crippen LogP) is 3.17. The average molecular weight is 287 g/mol. The zero-order valence-corrected chi connectivity index (χ0v) is 11.3. The number of rotatable bonds is 3. The Balaban J connectivity index is 2.30. The van der Waals surface area contributed by atoms with E-state index in [0.717, 1.165) is 11.3 Å². The van der Waals surface area contributed by atoms with Crippen LogP contribution in [0.5, 0.6) is 0 Å². The summed E-state index contributed by atoms with van der Waals surface area (Å²) < 4.78 is 0. The molecule has 1 aromatic rings. The number of imide groups is 1. The van der Waals surface area contributed by atoms with Gasteiger partial charge in [0.1, 0.15) is 6.54 Å². The first-order chi connectivity index (χ1) is 8.54. The van der Waals surface area contributed by atoms with Crippen LogP contribution in [-0.2, 0) is 4.79 Å². The molecule has 1 aliphatic rings. The molecule has 4 nitrogen and oxygen atoms in total. The van der Waals surface area contributed by atoms with Crippen LogP contribution in [0, 0.1) is 0 Å². The van der Waals surface area contributed by atoms with Gasteiger partial charge in [0.25, 0.3) is 5.91 Å². The van der Waals surface area contributed by atoms with Crippen LogP contribution in [0.3, 0.4) is 0 Å². The molecule has 1 aromatic carbocycles. The Morgan fingerprint density at radius 3 is 2.56 bits per heavy atom. The summed E-state index contributed by atoms with van der Waals surface area (Å²) in [5.74, 6) is -0.244. The van der Waals surface area contributed by atoms with Crippen molar-refractivity contribution in [3.63, 3.8) is 0 Å². The summed E-state index contributed by atoms with van der Waals surface area (Å²) in [6.07, 6.45) is 0.814. The van der Waals surface area contributed by atoms with E-state index in [1.807, 2.05) is 6.92 Å². The average Bonchev–Trinajstić information content (AvgIpc) is 2.59. The molecule has 0 unspecified atom stereocenters. The van der Waals surface area contributed by atoms with Gasteiger partial charge in [-0.05, 0) is 24.6 Å². The van der Waals surface area contributed by atoms with Crippen molar-refractivity contribution in [3.8, 4) is 0 Å². The van der Waals surface area contributed by atoms with Crippen molar-refractivity contribution < 1.29 is 9.59 Å². The first kappa shape index (κ1) is 13.2. The zero-order valence-electron chi connectivity index (χ0n) is 9.82. The Morgan fingerprint density at radius 2 is 1.94 bits per heavy atom. The third kappa shape index (κ3) is 2.31. The molecule has 1 saturated heterocycles. The summed E-state index contributed by atoms with van der Waals surface area (Å²) in [5.41, 5.74) is 0.456. The second-order valence-corrected chi connectivity index (χ2v) is 4.85. The fourth-order valence-electron chi connectivity index (χ4n) is 1.87. The maximum atomic E-state index is 12.1. The van der Waals surface area contributed by atoms with Crippen molar-refractivity contribution in [2.75, 3.05) is 18.0 Å². The van der Waals surface area contributed by atoms with Gasteiger partial charge in [-0.3, -0.25) is 4.79 Å². The third-order valence-electron chi connectivity index (χ3n) is 2.69. The van der Waals surface area contributed by atoms with Crippen LogP contribution in [0.1, 0.15) is 13.3 Å². The predicted molar refractivity (Wildman–Crippen MR) is 71.2 cm³/mol. The Bertz CT molecular complexity index is 505. The fourth-order valence-corrected chi connectivity index (χ4v) is 2.17. The molecule has 0 aromatic heterocycles. The number of carbonyl (C=O) groups excluding carboxylic acids is 2. The van der Waals surface area contributed by atoms with Crippen molar-refractivity contribution in [1.82, 2.24) is 4.90 Å². The number of nitrogens with zero attached hydrogens (tertiary/aromatic N) is 2. The molecule has 0 N–H and O–H groups in total. The molecule has 6 heteroatoms. The molecule has 18 heavy (non-hydrogen) atoms. The Morgan fingerprint density at radius 1 is 1.22 bits per heavy atom. The van der Waals surface area contributed by atoms with Gasteiger partial charge in [0.05, 0.1) is 15.7 Å². The maximum Gasteiger partial charge on any atom is 0.331 e. The van der Waals surface area contributed by atoms with Crippen molar-refractivity contribution >= 4 is 40.8 Å². The lowest BCUT2D eigenvalue weighted by Gasteiger charge is -2.16. The number of carbonyl (C=O) groups is 2. The number of hydrogen-bond acceptors (Lipinski definition) is 2. The molecule has 1 heterocycles. The van der Waals surface area contributed by atoms with E-state index in [1.54, 1.807) is 12.1 Å². The first-order valence-corrected chi connectivity index (χ1v) is 6.37. The second-order valence-electron chi connectivity index (χ2n) is 4.03. The quantitative estimate of drug-likeness (QED) is 0.801. The van der Waals surface area contributed by atoms with Gasteiger partial charge in [-0.15, -0.1) is 0 Å². The van der Waals surface area contributed by atoms with E-state index in [-0.39, 0.29) is 18.5 Å². The normalized spacial score (nSPS) is 15.7. The third-order valence-corrected chi connectivity index (χ3v) is 3.43. The van der Waals surface area contributed by atoms with Crippen LogP contribution in [0.25, 0.3) is 0 Å². The standard InChI is InChI=1S/C12H12Cl2N2O2/c1-2-5-15-7-11(17)16(12(15)18)8-3-4-9(13)10(14)6-8/h3-4,6H,2,5,7H2,1H3. The van der Waals surface area contributed by atoms with Crippen molar-refractivity contribution in [2.24, 2.45) is 0 Å². The Hall–Kier alpha value is -1.26. The molecule has 0 atom stereocenters. The summed E-state index contributed by atoms with van der Waals surface area (Å²) in [4.78, 5) is 26.6. The minimum Gasteiger partial charge on any atom is -0.315 e. The van der Waals surface area contributed by atoms with Gasteiger partial charge in [-0.1, -0.05) is 30.1 Å². The summed E-state index contributed by atoms with van der Waals surface area (Å²) in [5, 5.41) is 0.716. The molecule has 0 bridgehead atoms. The molecule has 96 valence electrons. The van der Waals surface area contributed by atoms with E-state index in [2.05, 4.69) is 0 Å². The fraction of sp³-hybridized carbons (Fsp3) is 0.333. The lowest BCUT2D eigenvalue weighted by Crippen LogP contribution is -2.33. The highest BCUT2D eigenvalue weighted by atomic mass is 35.5. The van der Waals surface area contributed by atoms with Crippen LogP contribution in [-0.4, -0.2) is 29.9 Å². The van der Waals surface area contributed by atoms with Crippen LogP contribution in [0.2, 0.25) is 10.0 Å². The van der Waals surface area contributed by atoms with Gasteiger partial charge in [-0.2, -0.15) is 0 Å². The van der Waals surface area contributed by atoms with Gasteiger partial charge in [0.15, 0.2) is 0 Å². The highest BCUT2D eigenvalue weighted by molar-refractivity contribution is 6.42. The molecular weight excluding hydrogens is 275 g/mol. The monoisotopic (exact) mass is 286 g/mol. The minimum absolute atomic E-state index is 0.118. The van der Waals surface area contributed by atoms with Gasteiger partial charge >= 0.3 is 6.03 Å². The number of benzene rings is 1. The molecule has 0 saturated carbocycles. The van der Waals surface area contributed by atoms with Gasteiger partial charge in [-0.25, -0.2) is 9.69 Å². The zero-order chi connectivity index (χ0) is 13.3. The molecule has 3 amide bonds. The van der Waals surface area contributed by atoms with E-state index in [9.17, 15) is 9.59 Å². The van der Waals surface area contributed by atoms with Crippen LogP contribution in [0.4, 0.5) is 10.5 Å². The lowest BCUT2D eigenvalue weighted by molar-refractivity contribution is -0.116. The molecule has 0 radical (unpaired) electrons. The van der Waals surface area contributed by atoms with Crippen molar-refractivity contribution in [2.45, 2.75) is 13.3 Å². The van der Waals surface area contributed by atoms with Crippen molar-refractivity contribution in [3.05, 3.63) is 28.2 Å². The molecule has 2 rings (SSSR count). The second kappa shape index (κ2) is 5.16. The summed E-state index contributed by atoms with van der Waals surface area (Å²) in [7, 11) is 0. The van der Waals surface area contributed by atoms with Gasteiger partial charge in [0.2, 0.25) is 0 Å². The molecular formula is C12H12Cl2N2O2. The molecule has 1 aliphatic heterocycles. The largest absolute Gasteiger partial charge is 0.331 e. The van der Waals surface area contributed by atoms with E-state index in [0.29, 0.717) is 22.3 Å². The lowest BCUT2D eigenvalue weighted by atomic mass is 10.3. The van der Waals surface area contributed by atoms with Gasteiger partial charge in [0, 0.05) is 6.54 Å². The van der Waals surface area contributed by atoms with E-state index >= 15 is 0 Å². The number of anilines is 1. The number of urea groups is 1. The maximum absolute atomic E-state index is 12.1. The molecule has 0 aliphatic carbocycles. The number of halogens is 2. The summed E-state index contributed by atoms with van der Waals surface area (Å²) in [6, 6.07) is 4.40. The molecule has 1 fully saturated rings. The van der Waals surface area contributed by atoms with Gasteiger partial charge < -0.3 is 4.90 Å².